The first kappa shape index (κ1) is 19.3. The maximum atomic E-state index is 12.6. The average molecular weight is 396 g/mol. The van der Waals surface area contributed by atoms with Crippen molar-refractivity contribution in [1.29, 1.82) is 0 Å². The summed E-state index contributed by atoms with van der Waals surface area (Å²) in [5.74, 6) is 1.97. The van der Waals surface area contributed by atoms with Crippen molar-refractivity contribution >= 4 is 11.7 Å². The lowest BCUT2D eigenvalue weighted by Gasteiger charge is -2.34. The molecule has 2 aliphatic rings. The van der Waals surface area contributed by atoms with Gasteiger partial charge in [-0.15, -0.1) is 0 Å². The second-order valence-corrected chi connectivity index (χ2v) is 7.25. The standard InChI is InChI=1S/C22H24N2O5/c1-16-2-5-18(6-3-16)27-14-22(26)24-10-8-23(9-11-24)13-19(25)17-4-7-20-21(12-17)29-15-28-20/h2-7,12H,8-11,13-15H2,1H3. The van der Waals surface area contributed by atoms with Crippen LogP contribution in [-0.4, -0.2) is 67.6 Å². The molecule has 0 aromatic heterocycles. The predicted octanol–water partition coefficient (Wildman–Crippen LogP) is 2.13. The Bertz CT molecular complexity index is 889. The minimum atomic E-state index is -0.0349. The van der Waals surface area contributed by atoms with Crippen LogP contribution in [0.2, 0.25) is 0 Å². The normalized spacial score (nSPS) is 16.0. The van der Waals surface area contributed by atoms with Crippen LogP contribution in [0.4, 0.5) is 0 Å². The summed E-state index contributed by atoms with van der Waals surface area (Å²) in [6.45, 7) is 5.04. The van der Waals surface area contributed by atoms with Gasteiger partial charge in [0.25, 0.3) is 5.91 Å². The molecule has 1 amide bonds. The number of benzene rings is 2. The van der Waals surface area contributed by atoms with Crippen LogP contribution in [0.25, 0.3) is 0 Å². The minimum Gasteiger partial charge on any atom is -0.484 e. The zero-order chi connectivity index (χ0) is 20.2. The Kier molecular flexibility index (Phi) is 5.67. The largest absolute Gasteiger partial charge is 0.484 e. The molecule has 2 aliphatic heterocycles. The summed E-state index contributed by atoms with van der Waals surface area (Å²) in [6.07, 6.45) is 0. The predicted molar refractivity (Wildman–Crippen MR) is 107 cm³/mol. The minimum absolute atomic E-state index is 0.0270. The van der Waals surface area contributed by atoms with Gasteiger partial charge in [0.15, 0.2) is 23.9 Å². The van der Waals surface area contributed by atoms with Gasteiger partial charge in [0.1, 0.15) is 5.75 Å². The molecular weight excluding hydrogens is 372 g/mol. The molecule has 0 N–H and O–H groups in total. The molecule has 0 saturated carbocycles. The topological polar surface area (TPSA) is 68.3 Å². The molecule has 4 rings (SSSR count). The highest BCUT2D eigenvalue weighted by molar-refractivity contribution is 5.98. The molecule has 152 valence electrons. The average Bonchev–Trinajstić information content (AvgIpc) is 3.21. The lowest BCUT2D eigenvalue weighted by molar-refractivity contribution is -0.135. The van der Waals surface area contributed by atoms with E-state index in [1.807, 2.05) is 31.2 Å². The lowest BCUT2D eigenvalue weighted by Crippen LogP contribution is -2.51. The van der Waals surface area contributed by atoms with Gasteiger partial charge in [0.2, 0.25) is 6.79 Å². The number of nitrogens with zero attached hydrogens (tertiary/aromatic N) is 2. The fourth-order valence-electron chi connectivity index (χ4n) is 3.39. The molecule has 0 unspecified atom stereocenters. The van der Waals surface area contributed by atoms with E-state index in [0.29, 0.717) is 55.5 Å². The zero-order valence-corrected chi connectivity index (χ0v) is 16.4. The van der Waals surface area contributed by atoms with Crippen LogP contribution in [0.3, 0.4) is 0 Å². The number of carbonyl (C=O) groups is 2. The van der Waals surface area contributed by atoms with Crippen LogP contribution in [0, 0.1) is 6.92 Å². The van der Waals surface area contributed by atoms with Crippen LogP contribution in [0.1, 0.15) is 15.9 Å². The van der Waals surface area contributed by atoms with Gasteiger partial charge in [-0.05, 0) is 37.3 Å². The molecule has 2 heterocycles. The van der Waals surface area contributed by atoms with Gasteiger partial charge in [0.05, 0.1) is 6.54 Å². The van der Waals surface area contributed by atoms with E-state index in [4.69, 9.17) is 14.2 Å². The molecule has 1 saturated heterocycles. The lowest BCUT2D eigenvalue weighted by atomic mass is 10.1. The van der Waals surface area contributed by atoms with E-state index in [1.54, 1.807) is 23.1 Å². The molecule has 1 fully saturated rings. The third kappa shape index (κ3) is 4.68. The Morgan fingerprint density at radius 1 is 0.966 bits per heavy atom. The number of fused-ring (bicyclic) bond motifs is 1. The highest BCUT2D eigenvalue weighted by Crippen LogP contribution is 2.32. The van der Waals surface area contributed by atoms with E-state index in [-0.39, 0.29) is 25.1 Å². The summed E-state index contributed by atoms with van der Waals surface area (Å²) in [7, 11) is 0. The fourth-order valence-corrected chi connectivity index (χ4v) is 3.39. The van der Waals surface area contributed by atoms with Gasteiger partial charge < -0.3 is 19.1 Å². The van der Waals surface area contributed by atoms with Crippen LogP contribution in [-0.2, 0) is 4.79 Å². The Balaban J connectivity index is 1.23. The number of amides is 1. The van der Waals surface area contributed by atoms with Crippen molar-refractivity contribution in [2.45, 2.75) is 6.92 Å². The third-order valence-corrected chi connectivity index (χ3v) is 5.17. The van der Waals surface area contributed by atoms with Gasteiger partial charge in [-0.2, -0.15) is 0 Å². The van der Waals surface area contributed by atoms with Crippen molar-refractivity contribution in [2.24, 2.45) is 0 Å². The molecule has 0 radical (unpaired) electrons. The van der Waals surface area contributed by atoms with E-state index >= 15 is 0 Å². The number of carbonyl (C=O) groups excluding carboxylic acids is 2. The molecule has 0 bridgehead atoms. The van der Waals surface area contributed by atoms with Gasteiger partial charge in [0, 0.05) is 31.7 Å². The van der Waals surface area contributed by atoms with Gasteiger partial charge >= 0.3 is 0 Å². The van der Waals surface area contributed by atoms with E-state index < -0.39 is 0 Å². The number of aryl methyl sites for hydroxylation is 1. The first-order valence-corrected chi connectivity index (χ1v) is 9.71. The Hall–Kier alpha value is -3.06. The maximum absolute atomic E-state index is 12.6. The molecule has 29 heavy (non-hydrogen) atoms. The SMILES string of the molecule is Cc1ccc(OCC(=O)N2CCN(CC(=O)c3ccc4c(c3)OCO4)CC2)cc1. The summed E-state index contributed by atoms with van der Waals surface area (Å²) >= 11 is 0. The Labute approximate surface area is 169 Å². The second kappa shape index (κ2) is 8.53. The molecular formula is C22H24N2O5. The van der Waals surface area contributed by atoms with Crippen LogP contribution in [0.5, 0.6) is 17.2 Å². The number of hydrogen-bond donors (Lipinski definition) is 0. The van der Waals surface area contributed by atoms with Crippen LogP contribution in [0.15, 0.2) is 42.5 Å². The molecule has 7 nitrogen and oxygen atoms in total. The van der Waals surface area contributed by atoms with Crippen molar-refractivity contribution in [3.05, 3.63) is 53.6 Å². The third-order valence-electron chi connectivity index (χ3n) is 5.17. The summed E-state index contributed by atoms with van der Waals surface area (Å²) in [5, 5.41) is 0. The van der Waals surface area contributed by atoms with Gasteiger partial charge in [-0.1, -0.05) is 17.7 Å². The zero-order valence-electron chi connectivity index (χ0n) is 16.4. The smallest absolute Gasteiger partial charge is 0.260 e. The van der Waals surface area contributed by atoms with Crippen LogP contribution >= 0.6 is 0 Å². The first-order valence-electron chi connectivity index (χ1n) is 9.71. The number of ether oxygens (including phenoxy) is 3. The monoisotopic (exact) mass is 396 g/mol. The molecule has 2 aromatic rings. The van der Waals surface area contributed by atoms with Crippen molar-refractivity contribution in [3.8, 4) is 17.2 Å². The van der Waals surface area contributed by atoms with E-state index in [9.17, 15) is 9.59 Å². The first-order chi connectivity index (χ1) is 14.1. The fraction of sp³-hybridized carbons (Fsp3) is 0.364. The number of ketones is 1. The summed E-state index contributed by atoms with van der Waals surface area (Å²) in [6, 6.07) is 12.9. The second-order valence-electron chi connectivity index (χ2n) is 7.25. The van der Waals surface area contributed by atoms with Crippen molar-refractivity contribution in [3.63, 3.8) is 0 Å². The van der Waals surface area contributed by atoms with Gasteiger partial charge in [-0.3, -0.25) is 14.5 Å². The van der Waals surface area contributed by atoms with E-state index in [2.05, 4.69) is 4.90 Å². The maximum Gasteiger partial charge on any atom is 0.260 e. The Morgan fingerprint density at radius 2 is 1.69 bits per heavy atom. The molecule has 7 heteroatoms. The molecule has 2 aromatic carbocycles. The van der Waals surface area contributed by atoms with Gasteiger partial charge in [-0.25, -0.2) is 0 Å². The number of piperazine rings is 1. The number of Topliss-reactive ketones (excluding diaryl/α,β-unsaturated/α-hetero) is 1. The summed E-state index contributed by atoms with van der Waals surface area (Å²) in [4.78, 5) is 28.8. The van der Waals surface area contributed by atoms with E-state index in [0.717, 1.165) is 5.56 Å². The van der Waals surface area contributed by atoms with Crippen LogP contribution < -0.4 is 14.2 Å². The molecule has 0 aliphatic carbocycles. The van der Waals surface area contributed by atoms with Crippen molar-refractivity contribution < 1.29 is 23.8 Å². The number of hydrogen-bond acceptors (Lipinski definition) is 6. The Morgan fingerprint density at radius 3 is 2.45 bits per heavy atom. The molecule has 0 atom stereocenters. The van der Waals surface area contributed by atoms with Crippen molar-refractivity contribution in [2.75, 3.05) is 46.1 Å². The summed E-state index contributed by atoms with van der Waals surface area (Å²) in [5.41, 5.74) is 1.76. The van der Waals surface area contributed by atoms with E-state index in [1.165, 1.54) is 0 Å². The number of rotatable bonds is 6. The highest BCUT2D eigenvalue weighted by Gasteiger charge is 2.24. The highest BCUT2D eigenvalue weighted by atomic mass is 16.7. The van der Waals surface area contributed by atoms with Crippen molar-refractivity contribution in [1.82, 2.24) is 9.80 Å². The summed E-state index contributed by atoms with van der Waals surface area (Å²) < 4.78 is 16.2. The quantitative estimate of drug-likeness (QED) is 0.697. The molecule has 0 spiro atoms.